The molecule has 1 aliphatic heterocycles. The second-order valence-corrected chi connectivity index (χ2v) is 8.72. The van der Waals surface area contributed by atoms with Gasteiger partial charge in [0, 0.05) is 36.3 Å². The average Bonchev–Trinajstić information content (AvgIpc) is 3.35. The van der Waals surface area contributed by atoms with E-state index in [9.17, 15) is 4.79 Å². The molecule has 0 spiro atoms. The molecule has 30 heavy (non-hydrogen) atoms. The first-order valence-corrected chi connectivity index (χ1v) is 11.1. The number of carbonyl (C=O) groups excluding carboxylic acids is 1. The van der Waals surface area contributed by atoms with Crippen LogP contribution in [0.4, 0.5) is 0 Å². The minimum absolute atomic E-state index is 0.00830. The van der Waals surface area contributed by atoms with Crippen LogP contribution >= 0.6 is 11.3 Å². The van der Waals surface area contributed by atoms with Crippen LogP contribution in [0.3, 0.4) is 0 Å². The molecule has 7 heteroatoms. The zero-order chi connectivity index (χ0) is 21.3. The number of hydrogen-bond acceptors (Lipinski definition) is 6. The maximum atomic E-state index is 13.7. The first-order valence-electron chi connectivity index (χ1n) is 10.2. The molecule has 6 nitrogen and oxygen atoms in total. The largest absolute Gasteiger partial charge is 0.496 e. The number of nitrogens with zero attached hydrogens (tertiary/aromatic N) is 3. The van der Waals surface area contributed by atoms with Gasteiger partial charge in [-0.1, -0.05) is 18.2 Å². The van der Waals surface area contributed by atoms with E-state index in [1.807, 2.05) is 49.9 Å². The van der Waals surface area contributed by atoms with E-state index >= 15 is 0 Å². The number of thiophene rings is 1. The molecule has 3 aromatic rings. The van der Waals surface area contributed by atoms with Gasteiger partial charge in [-0.15, -0.1) is 11.3 Å². The highest BCUT2D eigenvalue weighted by Crippen LogP contribution is 2.33. The summed E-state index contributed by atoms with van der Waals surface area (Å²) in [4.78, 5) is 26.3. The lowest BCUT2D eigenvalue weighted by molar-refractivity contribution is 0.0509. The van der Waals surface area contributed by atoms with Gasteiger partial charge in [-0.05, 0) is 45.2 Å². The minimum atomic E-state index is 0.00830. The van der Waals surface area contributed by atoms with Crippen molar-refractivity contribution < 1.29 is 14.3 Å². The van der Waals surface area contributed by atoms with E-state index in [1.165, 1.54) is 11.3 Å². The molecule has 1 fully saturated rings. The van der Waals surface area contributed by atoms with Gasteiger partial charge in [0.05, 0.1) is 18.1 Å². The summed E-state index contributed by atoms with van der Waals surface area (Å²) in [5.74, 6) is 1.52. The maximum absolute atomic E-state index is 13.7. The standard InChI is InChI=1S/C23H27N3O3S/c1-14-20-15(2)24-16(3)25-22(20)30-21(14)23(27)26(13-18-9-7-11-29-18)12-17-8-5-6-10-19(17)28-4/h5-6,8,10,18H,7,9,11-13H2,1-4H3. The van der Waals surface area contributed by atoms with Gasteiger partial charge in [-0.2, -0.15) is 0 Å². The van der Waals surface area contributed by atoms with Crippen LogP contribution < -0.4 is 4.74 Å². The van der Waals surface area contributed by atoms with Crippen LogP contribution in [0, 0.1) is 20.8 Å². The van der Waals surface area contributed by atoms with E-state index in [0.29, 0.717) is 13.1 Å². The van der Waals surface area contributed by atoms with Gasteiger partial charge in [0.15, 0.2) is 0 Å². The summed E-state index contributed by atoms with van der Waals surface area (Å²) in [6, 6.07) is 7.84. The van der Waals surface area contributed by atoms with Crippen molar-refractivity contribution in [2.75, 3.05) is 20.3 Å². The molecular formula is C23H27N3O3S. The number of ether oxygens (including phenoxy) is 2. The highest BCUT2D eigenvalue weighted by molar-refractivity contribution is 7.20. The van der Waals surface area contributed by atoms with E-state index in [4.69, 9.17) is 9.47 Å². The van der Waals surface area contributed by atoms with Crippen LogP contribution in [0.15, 0.2) is 24.3 Å². The van der Waals surface area contributed by atoms with Crippen molar-refractivity contribution in [3.63, 3.8) is 0 Å². The Bertz CT molecular complexity index is 1070. The topological polar surface area (TPSA) is 64.6 Å². The third kappa shape index (κ3) is 4.04. The van der Waals surface area contributed by atoms with Gasteiger partial charge in [0.25, 0.3) is 5.91 Å². The molecule has 0 radical (unpaired) electrons. The molecule has 158 valence electrons. The lowest BCUT2D eigenvalue weighted by Crippen LogP contribution is -2.37. The molecule has 0 saturated carbocycles. The van der Waals surface area contributed by atoms with E-state index in [2.05, 4.69) is 9.97 Å². The monoisotopic (exact) mass is 425 g/mol. The summed E-state index contributed by atoms with van der Waals surface area (Å²) >= 11 is 1.45. The van der Waals surface area contributed by atoms with Crippen LogP contribution in [-0.2, 0) is 11.3 Å². The van der Waals surface area contributed by atoms with Gasteiger partial charge in [-0.3, -0.25) is 4.79 Å². The Hall–Kier alpha value is -2.51. The van der Waals surface area contributed by atoms with Crippen LogP contribution in [0.1, 0.15) is 45.2 Å². The molecule has 1 amide bonds. The van der Waals surface area contributed by atoms with Crippen molar-refractivity contribution in [2.24, 2.45) is 0 Å². The predicted octanol–water partition coefficient (Wildman–Crippen LogP) is 4.45. The fourth-order valence-corrected chi connectivity index (χ4v) is 5.36. The van der Waals surface area contributed by atoms with Crippen molar-refractivity contribution >= 4 is 27.5 Å². The lowest BCUT2D eigenvalue weighted by atomic mass is 10.1. The Morgan fingerprint density at radius 1 is 1.27 bits per heavy atom. The number of carbonyl (C=O) groups is 1. The number of rotatable bonds is 6. The number of benzene rings is 1. The van der Waals surface area contributed by atoms with Crippen LogP contribution in [0.25, 0.3) is 10.2 Å². The first-order chi connectivity index (χ1) is 14.5. The van der Waals surface area contributed by atoms with Crippen molar-refractivity contribution in [2.45, 2.75) is 46.3 Å². The van der Waals surface area contributed by atoms with Crippen LogP contribution in [0.2, 0.25) is 0 Å². The summed E-state index contributed by atoms with van der Waals surface area (Å²) in [5.41, 5.74) is 2.85. The molecular weight excluding hydrogens is 398 g/mol. The van der Waals surface area contributed by atoms with Gasteiger partial charge >= 0.3 is 0 Å². The zero-order valence-corrected chi connectivity index (χ0v) is 18.7. The summed E-state index contributed by atoms with van der Waals surface area (Å²) in [7, 11) is 1.66. The fourth-order valence-electron chi connectivity index (χ4n) is 4.11. The number of aryl methyl sites for hydroxylation is 3. The van der Waals surface area contributed by atoms with E-state index < -0.39 is 0 Å². The van der Waals surface area contributed by atoms with Crippen molar-refractivity contribution in [1.29, 1.82) is 0 Å². The van der Waals surface area contributed by atoms with Crippen molar-refractivity contribution in [3.05, 3.63) is 51.8 Å². The molecule has 1 saturated heterocycles. The Labute approximate surface area is 180 Å². The normalized spacial score (nSPS) is 16.2. The summed E-state index contributed by atoms with van der Waals surface area (Å²) in [5, 5.41) is 0.989. The number of amides is 1. The van der Waals surface area contributed by atoms with Gasteiger partial charge in [-0.25, -0.2) is 9.97 Å². The highest BCUT2D eigenvalue weighted by atomic mass is 32.1. The summed E-state index contributed by atoms with van der Waals surface area (Å²) in [6.45, 7) is 7.65. The van der Waals surface area contributed by atoms with Crippen molar-refractivity contribution in [3.8, 4) is 5.75 Å². The first kappa shape index (κ1) is 20.8. The Morgan fingerprint density at radius 3 is 2.80 bits per heavy atom. The Kier molecular flexibility index (Phi) is 6.01. The number of para-hydroxylation sites is 1. The average molecular weight is 426 g/mol. The summed E-state index contributed by atoms with van der Waals surface area (Å²) in [6.07, 6.45) is 2.09. The molecule has 1 aromatic carbocycles. The predicted molar refractivity (Wildman–Crippen MR) is 118 cm³/mol. The Morgan fingerprint density at radius 2 is 2.07 bits per heavy atom. The molecule has 4 rings (SSSR count). The second-order valence-electron chi connectivity index (χ2n) is 7.73. The second kappa shape index (κ2) is 8.70. The molecule has 0 N–H and O–H groups in total. The van der Waals surface area contributed by atoms with Crippen molar-refractivity contribution in [1.82, 2.24) is 14.9 Å². The fraction of sp³-hybridized carbons (Fsp3) is 0.435. The SMILES string of the molecule is COc1ccccc1CN(CC1CCCO1)C(=O)c1sc2nc(C)nc(C)c2c1C. The lowest BCUT2D eigenvalue weighted by Gasteiger charge is -2.26. The molecule has 3 heterocycles. The molecule has 1 atom stereocenters. The van der Waals surface area contributed by atoms with Gasteiger partial charge < -0.3 is 14.4 Å². The minimum Gasteiger partial charge on any atom is -0.496 e. The zero-order valence-electron chi connectivity index (χ0n) is 17.9. The van der Waals surface area contributed by atoms with Gasteiger partial charge in [0.2, 0.25) is 0 Å². The third-order valence-electron chi connectivity index (χ3n) is 5.57. The summed E-state index contributed by atoms with van der Waals surface area (Å²) < 4.78 is 11.4. The van der Waals surface area contributed by atoms with Crippen LogP contribution in [-0.4, -0.2) is 47.1 Å². The smallest absolute Gasteiger partial charge is 0.264 e. The number of hydrogen-bond donors (Lipinski definition) is 0. The molecule has 0 bridgehead atoms. The molecule has 2 aromatic heterocycles. The Balaban J connectivity index is 1.71. The third-order valence-corrected chi connectivity index (χ3v) is 6.74. The maximum Gasteiger partial charge on any atom is 0.264 e. The molecule has 1 unspecified atom stereocenters. The van der Waals surface area contributed by atoms with E-state index in [-0.39, 0.29) is 12.0 Å². The highest BCUT2D eigenvalue weighted by Gasteiger charge is 2.27. The van der Waals surface area contributed by atoms with E-state index in [0.717, 1.165) is 62.9 Å². The quantitative estimate of drug-likeness (QED) is 0.584. The van der Waals surface area contributed by atoms with Crippen LogP contribution in [0.5, 0.6) is 5.75 Å². The molecule has 1 aliphatic rings. The molecule has 0 aliphatic carbocycles. The van der Waals surface area contributed by atoms with Gasteiger partial charge in [0.1, 0.15) is 16.4 Å². The number of methoxy groups -OCH3 is 1. The number of aromatic nitrogens is 2. The number of fused-ring (bicyclic) bond motifs is 1. The van der Waals surface area contributed by atoms with E-state index in [1.54, 1.807) is 7.11 Å².